The van der Waals surface area contributed by atoms with E-state index in [2.05, 4.69) is 33.3 Å². The van der Waals surface area contributed by atoms with Crippen LogP contribution in [0.3, 0.4) is 0 Å². The van der Waals surface area contributed by atoms with E-state index in [1.807, 2.05) is 36.0 Å². The normalized spacial score (nSPS) is 11.4. The molecule has 5 aromatic rings. The lowest BCUT2D eigenvalue weighted by Gasteiger charge is -2.05. The van der Waals surface area contributed by atoms with Crippen LogP contribution in [0, 0.1) is 0 Å². The molecule has 148 valence electrons. The molecule has 0 aliphatic rings. The van der Waals surface area contributed by atoms with Crippen molar-refractivity contribution in [3.05, 3.63) is 71.6 Å². The number of rotatable bonds is 5. The molecule has 0 aliphatic heterocycles. The first-order valence-electron chi connectivity index (χ1n) is 9.46. The largest absolute Gasteiger partial charge is 0.436 e. The van der Waals surface area contributed by atoms with Gasteiger partial charge in [0, 0.05) is 18.0 Å². The smallest absolute Gasteiger partial charge is 0.274 e. The van der Waals surface area contributed by atoms with Gasteiger partial charge in [-0.3, -0.25) is 9.48 Å². The molecule has 0 saturated heterocycles. The molecule has 0 bridgehead atoms. The van der Waals surface area contributed by atoms with Gasteiger partial charge in [0.2, 0.25) is 5.89 Å². The van der Waals surface area contributed by atoms with Crippen molar-refractivity contribution in [2.75, 3.05) is 0 Å². The summed E-state index contributed by atoms with van der Waals surface area (Å²) in [5.74, 6) is 0.846. The second-order valence-corrected chi connectivity index (χ2v) is 6.75. The van der Waals surface area contributed by atoms with E-state index in [0.29, 0.717) is 34.2 Å². The Labute approximate surface area is 170 Å². The monoisotopic (exact) mass is 398 g/mol. The highest BCUT2D eigenvalue weighted by Crippen LogP contribution is 2.28. The number of fused-ring (bicyclic) bond motifs is 2. The number of aromatic amines is 1. The molecule has 30 heavy (non-hydrogen) atoms. The minimum absolute atomic E-state index is 0.256. The molecule has 0 aliphatic carbocycles. The number of nitrogens with one attached hydrogen (secondary N) is 1. The van der Waals surface area contributed by atoms with Crippen LogP contribution in [0.15, 0.2) is 59.0 Å². The van der Waals surface area contributed by atoms with Gasteiger partial charge in [-0.1, -0.05) is 19.2 Å². The van der Waals surface area contributed by atoms with E-state index in [4.69, 9.17) is 4.42 Å². The molecular weight excluding hydrogens is 380 g/mol. The SMILES string of the molecule is C=Cc1nc(-c2cnn3c(=O)cc(-c4ccc5c(cnn5CC)c4)[nH]c23)oc1C=C. The average Bonchev–Trinajstić information content (AvgIpc) is 3.48. The zero-order chi connectivity index (χ0) is 20.8. The highest BCUT2D eigenvalue weighted by molar-refractivity contribution is 5.84. The summed E-state index contributed by atoms with van der Waals surface area (Å²) in [5.41, 5.74) is 3.98. The number of aryl methyl sites for hydroxylation is 1. The lowest BCUT2D eigenvalue weighted by atomic mass is 10.1. The summed E-state index contributed by atoms with van der Waals surface area (Å²) >= 11 is 0. The Kier molecular flexibility index (Phi) is 3.99. The molecule has 0 spiro atoms. The molecule has 4 heterocycles. The van der Waals surface area contributed by atoms with Gasteiger partial charge in [0.05, 0.1) is 23.6 Å². The van der Waals surface area contributed by atoms with Crippen LogP contribution in [0.4, 0.5) is 0 Å². The summed E-state index contributed by atoms with van der Waals surface area (Å²) in [5, 5.41) is 9.58. The Hall–Kier alpha value is -4.20. The second-order valence-electron chi connectivity index (χ2n) is 6.75. The highest BCUT2D eigenvalue weighted by Gasteiger charge is 2.18. The van der Waals surface area contributed by atoms with Crippen LogP contribution in [0.2, 0.25) is 0 Å². The van der Waals surface area contributed by atoms with Crippen molar-refractivity contribution in [3.8, 4) is 22.7 Å². The van der Waals surface area contributed by atoms with Crippen molar-refractivity contribution >= 4 is 28.7 Å². The van der Waals surface area contributed by atoms with Crippen molar-refractivity contribution in [1.82, 2.24) is 29.4 Å². The van der Waals surface area contributed by atoms with E-state index in [1.165, 1.54) is 10.6 Å². The Balaban J connectivity index is 1.69. The van der Waals surface area contributed by atoms with E-state index in [9.17, 15) is 4.79 Å². The number of H-pyrrole nitrogens is 1. The zero-order valence-electron chi connectivity index (χ0n) is 16.3. The number of nitrogens with zero attached hydrogens (tertiary/aromatic N) is 5. The lowest BCUT2D eigenvalue weighted by molar-refractivity contribution is 0.565. The molecule has 1 aromatic carbocycles. The number of oxazole rings is 1. The van der Waals surface area contributed by atoms with Crippen LogP contribution in [0.25, 0.3) is 51.4 Å². The Morgan fingerprint density at radius 3 is 2.77 bits per heavy atom. The predicted octanol–water partition coefficient (Wildman–Crippen LogP) is 4.00. The molecule has 0 atom stereocenters. The van der Waals surface area contributed by atoms with Crippen LogP contribution in [0.5, 0.6) is 0 Å². The topological polar surface area (TPSA) is 94.0 Å². The predicted molar refractivity (Wildman–Crippen MR) is 116 cm³/mol. The van der Waals surface area contributed by atoms with Gasteiger partial charge in [0.15, 0.2) is 11.4 Å². The van der Waals surface area contributed by atoms with E-state index < -0.39 is 0 Å². The number of benzene rings is 1. The molecule has 0 saturated carbocycles. The minimum Gasteiger partial charge on any atom is -0.436 e. The maximum absolute atomic E-state index is 12.7. The summed E-state index contributed by atoms with van der Waals surface area (Å²) in [6, 6.07) is 7.49. The second kappa shape index (κ2) is 6.70. The fraction of sp³-hybridized carbons (Fsp3) is 0.0909. The summed E-state index contributed by atoms with van der Waals surface area (Å²) in [6.07, 6.45) is 6.54. The fourth-order valence-electron chi connectivity index (χ4n) is 3.55. The Morgan fingerprint density at radius 2 is 2.03 bits per heavy atom. The van der Waals surface area contributed by atoms with Crippen molar-refractivity contribution in [1.29, 1.82) is 0 Å². The van der Waals surface area contributed by atoms with Crippen LogP contribution in [-0.2, 0) is 6.54 Å². The molecule has 0 radical (unpaired) electrons. The number of hydrogen-bond acceptors (Lipinski definition) is 5. The third kappa shape index (κ3) is 2.61. The standard InChI is InChI=1S/C22H18N6O2/c1-4-16-19(5-2)30-22(26-16)15-12-24-28-20(29)10-17(25-21(15)28)13-7-8-18-14(9-13)11-23-27(18)6-3/h4-5,7-12,25H,1-2,6H2,3H3. The third-order valence-electron chi connectivity index (χ3n) is 5.04. The van der Waals surface area contributed by atoms with E-state index in [1.54, 1.807) is 18.3 Å². The fourth-order valence-corrected chi connectivity index (χ4v) is 3.55. The van der Waals surface area contributed by atoms with Gasteiger partial charge in [-0.25, -0.2) is 4.98 Å². The van der Waals surface area contributed by atoms with Crippen LogP contribution < -0.4 is 5.56 Å². The van der Waals surface area contributed by atoms with E-state index >= 15 is 0 Å². The van der Waals surface area contributed by atoms with Gasteiger partial charge in [-0.15, -0.1) is 0 Å². The molecule has 5 rings (SSSR count). The first-order valence-corrected chi connectivity index (χ1v) is 9.46. The van der Waals surface area contributed by atoms with Gasteiger partial charge >= 0.3 is 0 Å². The van der Waals surface area contributed by atoms with Crippen LogP contribution in [0.1, 0.15) is 18.4 Å². The molecule has 0 unspecified atom stereocenters. The van der Waals surface area contributed by atoms with Gasteiger partial charge in [-0.05, 0) is 36.8 Å². The molecule has 8 nitrogen and oxygen atoms in total. The molecule has 0 amide bonds. The summed E-state index contributed by atoms with van der Waals surface area (Å²) in [6.45, 7) is 10.3. The van der Waals surface area contributed by atoms with Gasteiger partial charge in [0.1, 0.15) is 11.3 Å². The Morgan fingerprint density at radius 1 is 1.17 bits per heavy atom. The van der Waals surface area contributed by atoms with Crippen molar-refractivity contribution in [2.24, 2.45) is 0 Å². The minimum atomic E-state index is -0.256. The van der Waals surface area contributed by atoms with Gasteiger partial charge in [0.25, 0.3) is 5.56 Å². The number of aromatic nitrogens is 6. The lowest BCUT2D eigenvalue weighted by Crippen LogP contribution is -2.14. The van der Waals surface area contributed by atoms with Gasteiger partial charge < -0.3 is 9.40 Å². The van der Waals surface area contributed by atoms with E-state index in [-0.39, 0.29) is 5.56 Å². The van der Waals surface area contributed by atoms with Crippen LogP contribution >= 0.6 is 0 Å². The summed E-state index contributed by atoms with van der Waals surface area (Å²) in [7, 11) is 0. The maximum Gasteiger partial charge on any atom is 0.274 e. The highest BCUT2D eigenvalue weighted by atomic mass is 16.4. The molecule has 0 fully saturated rings. The zero-order valence-corrected chi connectivity index (χ0v) is 16.3. The number of hydrogen-bond donors (Lipinski definition) is 1. The maximum atomic E-state index is 12.7. The Bertz CT molecular complexity index is 1470. The molecular formula is C22H18N6O2. The van der Waals surface area contributed by atoms with Crippen molar-refractivity contribution in [3.63, 3.8) is 0 Å². The first kappa shape index (κ1) is 17.9. The quantitative estimate of drug-likeness (QED) is 0.483. The summed E-state index contributed by atoms with van der Waals surface area (Å²) < 4.78 is 9.00. The van der Waals surface area contributed by atoms with Crippen LogP contribution in [-0.4, -0.2) is 29.4 Å². The summed E-state index contributed by atoms with van der Waals surface area (Å²) in [4.78, 5) is 20.4. The van der Waals surface area contributed by atoms with E-state index in [0.717, 1.165) is 23.0 Å². The molecule has 4 aromatic heterocycles. The molecule has 1 N–H and O–H groups in total. The van der Waals surface area contributed by atoms with Gasteiger partial charge in [-0.2, -0.15) is 14.7 Å². The van der Waals surface area contributed by atoms with Crippen molar-refractivity contribution in [2.45, 2.75) is 13.5 Å². The average molecular weight is 398 g/mol. The third-order valence-corrected chi connectivity index (χ3v) is 5.04. The first-order chi connectivity index (χ1) is 14.6. The van der Waals surface area contributed by atoms with Crippen molar-refractivity contribution < 1.29 is 4.42 Å². The molecule has 8 heteroatoms.